The summed E-state index contributed by atoms with van der Waals surface area (Å²) in [7, 11) is 0. The van der Waals surface area contributed by atoms with Gasteiger partial charge in [0.05, 0.1) is 0 Å². The minimum atomic E-state index is -0.422. The molecule has 15 heavy (non-hydrogen) atoms. The molecule has 0 radical (unpaired) electrons. The molecule has 0 spiro atoms. The molecule has 1 fully saturated rings. The maximum atomic E-state index is 11.7. The van der Waals surface area contributed by atoms with Crippen LogP contribution >= 0.6 is 0 Å². The molecule has 0 aliphatic carbocycles. The predicted octanol–water partition coefficient (Wildman–Crippen LogP) is 0.646. The fraction of sp³-hybridized carbons (Fsp3) is 0.818. The molecular weight excluding hydrogens is 194 g/mol. The van der Waals surface area contributed by atoms with Crippen LogP contribution in [0.15, 0.2) is 0 Å². The van der Waals surface area contributed by atoms with Crippen LogP contribution in [0.3, 0.4) is 0 Å². The highest BCUT2D eigenvalue weighted by Crippen LogP contribution is 2.28. The highest BCUT2D eigenvalue weighted by molar-refractivity contribution is 6.04. The molecule has 4 nitrogen and oxygen atoms in total. The summed E-state index contributed by atoms with van der Waals surface area (Å²) in [6.45, 7) is 7.48. The second-order valence-electron chi connectivity index (χ2n) is 5.16. The lowest BCUT2D eigenvalue weighted by Gasteiger charge is -2.27. The molecule has 0 aromatic carbocycles. The fourth-order valence-corrected chi connectivity index (χ4v) is 1.66. The zero-order valence-electron chi connectivity index (χ0n) is 9.78. The van der Waals surface area contributed by atoms with Crippen molar-refractivity contribution < 1.29 is 14.7 Å². The summed E-state index contributed by atoms with van der Waals surface area (Å²) in [4.78, 5) is 24.8. The van der Waals surface area contributed by atoms with Crippen LogP contribution in [0.5, 0.6) is 0 Å². The zero-order valence-corrected chi connectivity index (χ0v) is 9.78. The van der Waals surface area contributed by atoms with Crippen molar-refractivity contribution in [2.45, 2.75) is 27.7 Å². The standard InChI is InChI=1S/C11H19NO3/c1-7-8(2)10(15)12(9(7)14)5-11(3,4)6-13/h7-8,13H,5-6H2,1-4H3. The van der Waals surface area contributed by atoms with Gasteiger partial charge in [-0.3, -0.25) is 14.5 Å². The van der Waals surface area contributed by atoms with Crippen LogP contribution in [0.2, 0.25) is 0 Å². The van der Waals surface area contributed by atoms with Crippen molar-refractivity contribution in [3.05, 3.63) is 0 Å². The molecule has 0 saturated carbocycles. The number of carbonyl (C=O) groups is 2. The molecule has 1 N–H and O–H groups in total. The SMILES string of the molecule is CC1C(=O)N(CC(C)(C)CO)C(=O)C1C. The van der Waals surface area contributed by atoms with E-state index in [9.17, 15) is 9.59 Å². The van der Waals surface area contributed by atoms with E-state index in [1.54, 1.807) is 13.8 Å². The van der Waals surface area contributed by atoms with Gasteiger partial charge in [-0.05, 0) is 0 Å². The predicted molar refractivity (Wildman–Crippen MR) is 55.9 cm³/mol. The Morgan fingerprint density at radius 1 is 1.20 bits per heavy atom. The average molecular weight is 213 g/mol. The van der Waals surface area contributed by atoms with Crippen LogP contribution < -0.4 is 0 Å². The number of aliphatic hydroxyl groups excluding tert-OH is 1. The highest BCUT2D eigenvalue weighted by atomic mass is 16.3. The molecule has 1 aliphatic heterocycles. The van der Waals surface area contributed by atoms with Gasteiger partial charge in [0.2, 0.25) is 11.8 Å². The molecule has 1 saturated heterocycles. The average Bonchev–Trinajstić information content (AvgIpc) is 2.36. The van der Waals surface area contributed by atoms with Crippen LogP contribution in [-0.4, -0.2) is 35.0 Å². The van der Waals surface area contributed by atoms with Crippen molar-refractivity contribution in [2.24, 2.45) is 17.3 Å². The molecule has 2 unspecified atom stereocenters. The summed E-state index contributed by atoms with van der Waals surface area (Å²) in [5.41, 5.74) is -0.422. The van der Waals surface area contributed by atoms with Gasteiger partial charge in [-0.1, -0.05) is 27.7 Å². The molecule has 2 amide bonds. The van der Waals surface area contributed by atoms with Crippen LogP contribution in [0.25, 0.3) is 0 Å². The Balaban J connectivity index is 2.80. The Labute approximate surface area is 90.3 Å². The first-order chi connectivity index (χ1) is 6.80. The number of amides is 2. The van der Waals surface area contributed by atoms with Crippen molar-refractivity contribution >= 4 is 11.8 Å². The Morgan fingerprint density at radius 2 is 1.60 bits per heavy atom. The van der Waals surface area contributed by atoms with Crippen LogP contribution in [-0.2, 0) is 9.59 Å². The van der Waals surface area contributed by atoms with Gasteiger partial charge in [-0.15, -0.1) is 0 Å². The second kappa shape index (κ2) is 3.93. The Bertz CT molecular complexity index is 266. The first-order valence-electron chi connectivity index (χ1n) is 5.26. The van der Waals surface area contributed by atoms with E-state index in [0.29, 0.717) is 6.54 Å². The topological polar surface area (TPSA) is 57.6 Å². The number of aliphatic hydroxyl groups is 1. The fourth-order valence-electron chi connectivity index (χ4n) is 1.66. The quantitative estimate of drug-likeness (QED) is 0.700. The van der Waals surface area contributed by atoms with E-state index in [2.05, 4.69) is 0 Å². The van der Waals surface area contributed by atoms with E-state index in [0.717, 1.165) is 0 Å². The molecule has 86 valence electrons. The molecular formula is C11H19NO3. The van der Waals surface area contributed by atoms with Gasteiger partial charge >= 0.3 is 0 Å². The van der Waals surface area contributed by atoms with E-state index < -0.39 is 5.41 Å². The molecule has 1 rings (SSSR count). The zero-order chi connectivity index (χ0) is 11.8. The lowest BCUT2D eigenvalue weighted by molar-refractivity contribution is -0.141. The minimum Gasteiger partial charge on any atom is -0.396 e. The van der Waals surface area contributed by atoms with E-state index in [-0.39, 0.29) is 30.3 Å². The van der Waals surface area contributed by atoms with E-state index in [1.807, 2.05) is 13.8 Å². The van der Waals surface area contributed by atoms with E-state index in [4.69, 9.17) is 5.11 Å². The minimum absolute atomic E-state index is 0.0349. The maximum absolute atomic E-state index is 11.7. The molecule has 2 atom stereocenters. The van der Waals surface area contributed by atoms with Crippen LogP contribution in [0, 0.1) is 17.3 Å². The van der Waals surface area contributed by atoms with E-state index >= 15 is 0 Å². The summed E-state index contributed by atoms with van der Waals surface area (Å²) in [6.07, 6.45) is 0. The Morgan fingerprint density at radius 3 is 1.93 bits per heavy atom. The normalized spacial score (nSPS) is 27.7. The largest absolute Gasteiger partial charge is 0.396 e. The molecule has 1 heterocycles. The summed E-state index contributed by atoms with van der Waals surface area (Å²) in [6, 6.07) is 0. The van der Waals surface area contributed by atoms with Gasteiger partial charge in [-0.25, -0.2) is 0 Å². The van der Waals surface area contributed by atoms with Crippen LogP contribution in [0.1, 0.15) is 27.7 Å². The molecule has 1 aliphatic rings. The number of rotatable bonds is 3. The number of imide groups is 1. The number of hydrogen-bond donors (Lipinski definition) is 1. The molecule has 4 heteroatoms. The molecule has 0 aromatic rings. The lowest BCUT2D eigenvalue weighted by atomic mass is 9.94. The Kier molecular flexibility index (Phi) is 3.19. The maximum Gasteiger partial charge on any atom is 0.232 e. The second-order valence-corrected chi connectivity index (χ2v) is 5.16. The van der Waals surface area contributed by atoms with Crippen molar-refractivity contribution in [3.8, 4) is 0 Å². The summed E-state index contributed by atoms with van der Waals surface area (Å²) in [5, 5.41) is 9.11. The van der Waals surface area contributed by atoms with Crippen molar-refractivity contribution in [1.82, 2.24) is 4.90 Å². The van der Waals surface area contributed by atoms with Gasteiger partial charge in [0.25, 0.3) is 0 Å². The number of hydrogen-bond acceptors (Lipinski definition) is 3. The summed E-state index contributed by atoms with van der Waals surface area (Å²) in [5.74, 6) is -0.693. The molecule has 0 bridgehead atoms. The van der Waals surface area contributed by atoms with Crippen molar-refractivity contribution in [3.63, 3.8) is 0 Å². The van der Waals surface area contributed by atoms with Crippen molar-refractivity contribution in [2.75, 3.05) is 13.2 Å². The smallest absolute Gasteiger partial charge is 0.232 e. The van der Waals surface area contributed by atoms with E-state index in [1.165, 1.54) is 4.90 Å². The van der Waals surface area contributed by atoms with Gasteiger partial charge in [-0.2, -0.15) is 0 Å². The Hall–Kier alpha value is -0.900. The third-order valence-corrected chi connectivity index (χ3v) is 3.08. The summed E-state index contributed by atoms with van der Waals surface area (Å²) < 4.78 is 0. The van der Waals surface area contributed by atoms with Crippen LogP contribution in [0.4, 0.5) is 0 Å². The molecule has 0 aromatic heterocycles. The number of carbonyl (C=O) groups excluding carboxylic acids is 2. The van der Waals surface area contributed by atoms with Gasteiger partial charge in [0.15, 0.2) is 0 Å². The monoisotopic (exact) mass is 213 g/mol. The third kappa shape index (κ3) is 2.20. The van der Waals surface area contributed by atoms with Gasteiger partial charge < -0.3 is 5.11 Å². The van der Waals surface area contributed by atoms with Gasteiger partial charge in [0, 0.05) is 30.4 Å². The lowest BCUT2D eigenvalue weighted by Crippen LogP contribution is -2.40. The van der Waals surface area contributed by atoms with Gasteiger partial charge in [0.1, 0.15) is 0 Å². The summed E-state index contributed by atoms with van der Waals surface area (Å²) >= 11 is 0. The number of likely N-dealkylation sites (tertiary alicyclic amines) is 1. The highest BCUT2D eigenvalue weighted by Gasteiger charge is 2.43. The number of nitrogens with zero attached hydrogens (tertiary/aromatic N) is 1. The third-order valence-electron chi connectivity index (χ3n) is 3.08. The first-order valence-corrected chi connectivity index (χ1v) is 5.26. The first kappa shape index (κ1) is 12.2. The van der Waals surface area contributed by atoms with Crippen molar-refractivity contribution in [1.29, 1.82) is 0 Å².